The molecule has 0 bridgehead atoms. The van der Waals surface area contributed by atoms with E-state index in [4.69, 9.17) is 0 Å². The van der Waals surface area contributed by atoms with Gasteiger partial charge in [-0.1, -0.05) is 18.2 Å². The van der Waals surface area contributed by atoms with Crippen LogP contribution in [0.1, 0.15) is 16.8 Å². The summed E-state index contributed by atoms with van der Waals surface area (Å²) in [6.07, 6.45) is 0.822. The van der Waals surface area contributed by atoms with Crippen LogP contribution in [0.2, 0.25) is 0 Å². The molecule has 2 amide bonds. The highest BCUT2D eigenvalue weighted by atomic mass is 79.9. The van der Waals surface area contributed by atoms with Crippen LogP contribution in [-0.4, -0.2) is 38.2 Å². The van der Waals surface area contributed by atoms with Gasteiger partial charge in [-0.15, -0.1) is 0 Å². The number of nitrogens with zero attached hydrogens (tertiary/aromatic N) is 1. The van der Waals surface area contributed by atoms with E-state index in [2.05, 4.69) is 36.2 Å². The van der Waals surface area contributed by atoms with E-state index >= 15 is 0 Å². The predicted molar refractivity (Wildman–Crippen MR) is 105 cm³/mol. The average molecular weight is 436 g/mol. The predicted octanol–water partition coefficient (Wildman–Crippen LogP) is 3.78. The lowest BCUT2D eigenvalue weighted by Crippen LogP contribution is -2.39. The second-order valence-corrected chi connectivity index (χ2v) is 7.03. The maximum absolute atomic E-state index is 14.0. The maximum Gasteiger partial charge on any atom is 0.340 e. The summed E-state index contributed by atoms with van der Waals surface area (Å²) in [5.74, 6) is -1.55. The molecular weight excluding hydrogens is 417 g/mol. The molecule has 1 aliphatic rings. The number of rotatable bonds is 4. The van der Waals surface area contributed by atoms with Crippen molar-refractivity contribution in [3.05, 3.63) is 58.3 Å². The molecule has 142 valence electrons. The Kier molecular flexibility index (Phi) is 5.95. The van der Waals surface area contributed by atoms with Crippen LogP contribution in [0.3, 0.4) is 0 Å². The topological polar surface area (TPSA) is 70.7 Å². The molecule has 2 aromatic carbocycles. The number of methoxy groups -OCH3 is 1. The number of hydrogen-bond acceptors (Lipinski definition) is 4. The SMILES string of the molecule is COC(=O)c1cc(NC(=O)NC2CCN(c3ccccc3)C2)cc(Br)c1F. The van der Waals surface area contributed by atoms with Crippen LogP contribution in [0.4, 0.5) is 20.6 Å². The Labute approximate surface area is 164 Å². The number of urea groups is 1. The first-order valence-corrected chi connectivity index (χ1v) is 9.22. The molecule has 27 heavy (non-hydrogen) atoms. The summed E-state index contributed by atoms with van der Waals surface area (Å²) < 4.78 is 18.6. The first-order valence-electron chi connectivity index (χ1n) is 8.43. The zero-order chi connectivity index (χ0) is 19.4. The molecule has 0 aliphatic carbocycles. The van der Waals surface area contributed by atoms with Gasteiger partial charge in [0.2, 0.25) is 0 Å². The number of hydrogen-bond donors (Lipinski definition) is 2. The fourth-order valence-corrected chi connectivity index (χ4v) is 3.48. The smallest absolute Gasteiger partial charge is 0.340 e. The van der Waals surface area contributed by atoms with Crippen molar-refractivity contribution >= 4 is 39.3 Å². The number of anilines is 2. The summed E-state index contributed by atoms with van der Waals surface area (Å²) in [6, 6.07) is 12.2. The maximum atomic E-state index is 14.0. The molecule has 0 saturated carbocycles. The van der Waals surface area contributed by atoms with Gasteiger partial charge in [-0.2, -0.15) is 0 Å². The monoisotopic (exact) mass is 435 g/mol. The Bertz CT molecular complexity index is 848. The fourth-order valence-electron chi connectivity index (χ4n) is 3.02. The third-order valence-corrected chi connectivity index (χ3v) is 4.91. The Morgan fingerprint density at radius 2 is 2.00 bits per heavy atom. The van der Waals surface area contributed by atoms with E-state index in [0.29, 0.717) is 12.2 Å². The van der Waals surface area contributed by atoms with E-state index in [1.54, 1.807) is 0 Å². The number of esters is 1. The van der Waals surface area contributed by atoms with E-state index in [9.17, 15) is 14.0 Å². The van der Waals surface area contributed by atoms with Gasteiger partial charge in [0.1, 0.15) is 0 Å². The standard InChI is InChI=1S/C19H19BrFN3O3/c1-27-18(25)15-9-13(10-16(20)17(15)21)23-19(26)22-12-7-8-24(11-12)14-5-3-2-4-6-14/h2-6,9-10,12H,7-8,11H2,1H3,(H2,22,23,26). The van der Waals surface area contributed by atoms with Crippen LogP contribution in [-0.2, 0) is 4.74 Å². The lowest BCUT2D eigenvalue weighted by Gasteiger charge is -2.19. The molecule has 0 aromatic heterocycles. The number of para-hydroxylation sites is 1. The summed E-state index contributed by atoms with van der Waals surface area (Å²) in [5.41, 5.74) is 1.16. The van der Waals surface area contributed by atoms with E-state index in [0.717, 1.165) is 18.7 Å². The van der Waals surface area contributed by atoms with Crippen molar-refractivity contribution < 1.29 is 18.7 Å². The molecule has 2 N–H and O–H groups in total. The van der Waals surface area contributed by atoms with Crippen molar-refractivity contribution in [2.45, 2.75) is 12.5 Å². The summed E-state index contributed by atoms with van der Waals surface area (Å²) in [6.45, 7) is 1.56. The normalized spacial score (nSPS) is 16.1. The van der Waals surface area contributed by atoms with Crippen molar-refractivity contribution in [2.75, 3.05) is 30.4 Å². The molecule has 1 fully saturated rings. The van der Waals surface area contributed by atoms with Crippen LogP contribution in [0.25, 0.3) is 0 Å². The van der Waals surface area contributed by atoms with Crippen molar-refractivity contribution in [3.8, 4) is 0 Å². The van der Waals surface area contributed by atoms with E-state index in [-0.39, 0.29) is 16.1 Å². The summed E-state index contributed by atoms with van der Waals surface area (Å²) in [5, 5.41) is 5.54. The van der Waals surface area contributed by atoms with E-state index < -0.39 is 17.8 Å². The highest BCUT2D eigenvalue weighted by Gasteiger charge is 2.24. The molecule has 1 saturated heterocycles. The lowest BCUT2D eigenvalue weighted by molar-refractivity contribution is 0.0595. The fraction of sp³-hybridized carbons (Fsp3) is 0.263. The van der Waals surface area contributed by atoms with Crippen molar-refractivity contribution in [1.82, 2.24) is 5.32 Å². The van der Waals surface area contributed by atoms with Gasteiger partial charge >= 0.3 is 12.0 Å². The van der Waals surface area contributed by atoms with Crippen molar-refractivity contribution in [2.24, 2.45) is 0 Å². The molecule has 0 radical (unpaired) electrons. The van der Waals surface area contributed by atoms with E-state index in [1.165, 1.54) is 19.2 Å². The van der Waals surface area contributed by atoms with Gasteiger partial charge in [0.15, 0.2) is 5.82 Å². The second-order valence-electron chi connectivity index (χ2n) is 6.18. The van der Waals surface area contributed by atoms with Crippen LogP contribution in [0.15, 0.2) is 46.9 Å². The summed E-state index contributed by atoms with van der Waals surface area (Å²) >= 11 is 3.05. The zero-order valence-corrected chi connectivity index (χ0v) is 16.3. The van der Waals surface area contributed by atoms with E-state index in [1.807, 2.05) is 30.3 Å². The number of carbonyl (C=O) groups is 2. The molecule has 8 heteroatoms. The first kappa shape index (κ1) is 19.2. The highest BCUT2D eigenvalue weighted by Crippen LogP contribution is 2.25. The molecule has 1 aliphatic heterocycles. The van der Waals surface area contributed by atoms with Gasteiger partial charge in [-0.05, 0) is 46.6 Å². The minimum atomic E-state index is -0.813. The number of halogens is 2. The molecule has 1 heterocycles. The first-order chi connectivity index (χ1) is 13.0. The molecule has 6 nitrogen and oxygen atoms in total. The third-order valence-electron chi connectivity index (χ3n) is 4.34. The van der Waals surface area contributed by atoms with Gasteiger partial charge in [-0.25, -0.2) is 14.0 Å². The minimum Gasteiger partial charge on any atom is -0.465 e. The van der Waals surface area contributed by atoms with Gasteiger partial charge in [0.05, 0.1) is 17.1 Å². The van der Waals surface area contributed by atoms with Gasteiger partial charge in [0.25, 0.3) is 0 Å². The van der Waals surface area contributed by atoms with Crippen LogP contribution >= 0.6 is 15.9 Å². The minimum absolute atomic E-state index is 0.00540. The zero-order valence-electron chi connectivity index (χ0n) is 14.7. The number of ether oxygens (including phenoxy) is 1. The molecule has 0 spiro atoms. The largest absolute Gasteiger partial charge is 0.465 e. The Morgan fingerprint density at radius 3 is 2.70 bits per heavy atom. The molecule has 3 rings (SSSR count). The van der Waals surface area contributed by atoms with Crippen LogP contribution in [0.5, 0.6) is 0 Å². The molecule has 1 atom stereocenters. The third kappa shape index (κ3) is 4.57. The lowest BCUT2D eigenvalue weighted by atomic mass is 10.2. The number of nitrogens with one attached hydrogen (secondary N) is 2. The van der Waals surface area contributed by atoms with Gasteiger partial charge in [0, 0.05) is 30.5 Å². The van der Waals surface area contributed by atoms with Crippen LogP contribution < -0.4 is 15.5 Å². The summed E-state index contributed by atoms with van der Waals surface area (Å²) in [7, 11) is 1.17. The Hall–Kier alpha value is -2.61. The molecular formula is C19H19BrFN3O3. The average Bonchev–Trinajstić information content (AvgIpc) is 3.13. The highest BCUT2D eigenvalue weighted by molar-refractivity contribution is 9.10. The van der Waals surface area contributed by atoms with Gasteiger partial charge in [-0.3, -0.25) is 0 Å². The van der Waals surface area contributed by atoms with Crippen molar-refractivity contribution in [3.63, 3.8) is 0 Å². The Balaban J connectivity index is 1.62. The Morgan fingerprint density at radius 1 is 1.26 bits per heavy atom. The molecule has 1 unspecified atom stereocenters. The number of amides is 2. The number of carbonyl (C=O) groups excluding carboxylic acids is 2. The summed E-state index contributed by atoms with van der Waals surface area (Å²) in [4.78, 5) is 26.2. The second kappa shape index (κ2) is 8.39. The molecule has 2 aromatic rings. The van der Waals surface area contributed by atoms with Crippen LogP contribution in [0, 0.1) is 5.82 Å². The van der Waals surface area contributed by atoms with Gasteiger partial charge < -0.3 is 20.3 Å². The quantitative estimate of drug-likeness (QED) is 0.716. The number of benzene rings is 2. The van der Waals surface area contributed by atoms with Crippen molar-refractivity contribution in [1.29, 1.82) is 0 Å².